The predicted octanol–water partition coefficient (Wildman–Crippen LogP) is 2.25. The first-order valence-electron chi connectivity index (χ1n) is 4.58. The molecule has 0 aromatic heterocycles. The summed E-state index contributed by atoms with van der Waals surface area (Å²) in [6.45, 7) is 3.97. The lowest BCUT2D eigenvalue weighted by Gasteiger charge is -2.16. The van der Waals surface area contributed by atoms with Crippen molar-refractivity contribution in [3.8, 4) is 0 Å². The summed E-state index contributed by atoms with van der Waals surface area (Å²) in [5.74, 6) is 0.791. The van der Waals surface area contributed by atoms with Gasteiger partial charge in [-0.05, 0) is 24.6 Å². The molecule has 3 nitrogen and oxygen atoms in total. The lowest BCUT2D eigenvalue weighted by atomic mass is 10.2. The highest BCUT2D eigenvalue weighted by molar-refractivity contribution is 7.84. The Labute approximate surface area is 85.8 Å². The Morgan fingerprint density at radius 2 is 2.29 bits per heavy atom. The highest BCUT2D eigenvalue weighted by Crippen LogP contribution is 2.25. The molecule has 74 valence electrons. The maximum Gasteiger partial charge on any atom is 0.176 e. The Bertz CT molecular complexity index is 426. The van der Waals surface area contributed by atoms with Crippen LogP contribution in [0.2, 0.25) is 0 Å². The van der Waals surface area contributed by atoms with Gasteiger partial charge in [-0.1, -0.05) is 13.0 Å². The fraction of sp³-hybridized carbons (Fsp3) is 0.300. The van der Waals surface area contributed by atoms with E-state index in [-0.39, 0.29) is 0 Å². The van der Waals surface area contributed by atoms with E-state index in [0.29, 0.717) is 0 Å². The van der Waals surface area contributed by atoms with Gasteiger partial charge in [-0.15, -0.1) is 0 Å². The minimum atomic E-state index is -1.23. The van der Waals surface area contributed by atoms with Gasteiger partial charge in [0.25, 0.3) is 0 Å². The predicted molar refractivity (Wildman–Crippen MR) is 58.9 cm³/mol. The summed E-state index contributed by atoms with van der Waals surface area (Å²) >= 11 is 0. The van der Waals surface area contributed by atoms with Crippen LogP contribution in [0.1, 0.15) is 18.9 Å². The van der Waals surface area contributed by atoms with E-state index in [2.05, 4.69) is 9.71 Å². The molecule has 14 heavy (non-hydrogen) atoms. The molecule has 0 amide bonds. The molecule has 0 fully saturated rings. The van der Waals surface area contributed by atoms with Crippen molar-refractivity contribution >= 4 is 22.5 Å². The van der Waals surface area contributed by atoms with E-state index in [1.807, 2.05) is 32.0 Å². The highest BCUT2D eigenvalue weighted by Gasteiger charge is 2.16. The van der Waals surface area contributed by atoms with Crippen LogP contribution in [-0.4, -0.2) is 10.0 Å². The third-order valence-electron chi connectivity index (χ3n) is 2.13. The Balaban J connectivity index is 2.48. The van der Waals surface area contributed by atoms with Crippen molar-refractivity contribution in [2.45, 2.75) is 25.2 Å². The normalized spacial score (nSPS) is 19.6. The van der Waals surface area contributed by atoms with Crippen LogP contribution in [0.15, 0.2) is 27.5 Å². The van der Waals surface area contributed by atoms with E-state index in [9.17, 15) is 4.21 Å². The summed E-state index contributed by atoms with van der Waals surface area (Å²) in [7, 11) is -1.23. The first-order valence-corrected chi connectivity index (χ1v) is 5.68. The second-order valence-electron chi connectivity index (χ2n) is 3.27. The fourth-order valence-corrected chi connectivity index (χ4v) is 2.42. The molecule has 4 heteroatoms. The monoisotopic (exact) mass is 208 g/mol. The Morgan fingerprint density at radius 1 is 1.50 bits per heavy atom. The molecule has 1 aliphatic rings. The smallest absolute Gasteiger partial charge is 0.176 e. The minimum absolute atomic E-state index is 0.777. The van der Waals surface area contributed by atoms with E-state index in [1.165, 1.54) is 0 Å². The van der Waals surface area contributed by atoms with Crippen molar-refractivity contribution in [1.29, 1.82) is 0 Å². The van der Waals surface area contributed by atoms with Crippen molar-refractivity contribution in [2.75, 3.05) is 5.32 Å². The van der Waals surface area contributed by atoms with Crippen LogP contribution in [0.3, 0.4) is 0 Å². The Kier molecular flexibility index (Phi) is 2.37. The van der Waals surface area contributed by atoms with E-state index < -0.39 is 11.0 Å². The molecule has 0 aliphatic carbocycles. The maximum atomic E-state index is 11.7. The van der Waals surface area contributed by atoms with Gasteiger partial charge in [0.15, 0.2) is 11.0 Å². The molecule has 1 unspecified atom stereocenters. The number of nitrogens with zero attached hydrogens (tertiary/aromatic N) is 1. The fourth-order valence-electron chi connectivity index (χ4n) is 1.36. The van der Waals surface area contributed by atoms with Gasteiger partial charge in [-0.3, -0.25) is 0 Å². The average molecular weight is 208 g/mol. The molecule has 1 N–H and O–H groups in total. The zero-order valence-corrected chi connectivity index (χ0v) is 9.02. The Hall–Kier alpha value is -1.16. The van der Waals surface area contributed by atoms with Crippen molar-refractivity contribution in [1.82, 2.24) is 0 Å². The van der Waals surface area contributed by atoms with Crippen LogP contribution >= 0.6 is 0 Å². The van der Waals surface area contributed by atoms with Gasteiger partial charge in [-0.2, -0.15) is 4.40 Å². The number of hydrogen-bond donors (Lipinski definition) is 1. The van der Waals surface area contributed by atoms with Gasteiger partial charge >= 0.3 is 0 Å². The van der Waals surface area contributed by atoms with Crippen LogP contribution in [0.4, 0.5) is 5.69 Å². The van der Waals surface area contributed by atoms with E-state index >= 15 is 0 Å². The summed E-state index contributed by atoms with van der Waals surface area (Å²) in [4.78, 5) is 0.780. The summed E-state index contributed by atoms with van der Waals surface area (Å²) < 4.78 is 15.8. The summed E-state index contributed by atoms with van der Waals surface area (Å²) in [6, 6.07) is 5.86. The zero-order chi connectivity index (χ0) is 10.1. The number of benzene rings is 1. The number of amidine groups is 1. The SMILES string of the molecule is CCC1=NS(=O)c2cc(C)ccc2N1. The van der Waals surface area contributed by atoms with E-state index in [1.54, 1.807) is 0 Å². The number of nitrogens with one attached hydrogen (secondary N) is 1. The van der Waals surface area contributed by atoms with Crippen LogP contribution in [0.25, 0.3) is 0 Å². The third-order valence-corrected chi connectivity index (χ3v) is 3.23. The van der Waals surface area contributed by atoms with Crippen LogP contribution in [0, 0.1) is 6.92 Å². The molecule has 0 saturated carbocycles. The molecule has 0 spiro atoms. The molecule has 1 aromatic carbocycles. The lowest BCUT2D eigenvalue weighted by molar-refractivity contribution is 0.684. The van der Waals surface area contributed by atoms with Crippen molar-refractivity contribution < 1.29 is 4.21 Å². The van der Waals surface area contributed by atoms with Gasteiger partial charge in [0, 0.05) is 6.42 Å². The molecular weight excluding hydrogens is 196 g/mol. The van der Waals surface area contributed by atoms with Gasteiger partial charge in [-0.25, -0.2) is 4.21 Å². The largest absolute Gasteiger partial charge is 0.342 e. The standard InChI is InChI=1S/C10H12N2OS/c1-3-10-11-8-5-4-7(2)6-9(8)14(13)12-10/h4-6H,3H2,1-2H3,(H,11,12). The molecule has 1 heterocycles. The highest BCUT2D eigenvalue weighted by atomic mass is 32.2. The van der Waals surface area contributed by atoms with Crippen LogP contribution in [0.5, 0.6) is 0 Å². The second-order valence-corrected chi connectivity index (χ2v) is 4.39. The first kappa shape index (κ1) is 9.40. The first-order chi connectivity index (χ1) is 6.70. The van der Waals surface area contributed by atoms with Crippen LogP contribution in [-0.2, 0) is 11.0 Å². The van der Waals surface area contributed by atoms with Crippen LogP contribution < -0.4 is 5.32 Å². The quantitative estimate of drug-likeness (QED) is 0.769. The summed E-state index contributed by atoms with van der Waals surface area (Å²) in [5.41, 5.74) is 2.02. The van der Waals surface area contributed by atoms with Gasteiger partial charge in [0.1, 0.15) is 5.84 Å². The molecular formula is C10H12N2OS. The third kappa shape index (κ3) is 1.57. The number of fused-ring (bicyclic) bond motifs is 1. The topological polar surface area (TPSA) is 41.5 Å². The average Bonchev–Trinajstić information content (AvgIpc) is 2.19. The van der Waals surface area contributed by atoms with Gasteiger partial charge < -0.3 is 5.32 Å². The molecule has 0 saturated heterocycles. The van der Waals surface area contributed by atoms with Gasteiger partial charge in [0.2, 0.25) is 0 Å². The summed E-state index contributed by atoms with van der Waals surface area (Å²) in [5, 5.41) is 3.16. The number of rotatable bonds is 1. The lowest BCUT2D eigenvalue weighted by Crippen LogP contribution is -2.17. The number of anilines is 1. The molecule has 0 bridgehead atoms. The number of aryl methyl sites for hydroxylation is 1. The summed E-state index contributed by atoms with van der Waals surface area (Å²) in [6.07, 6.45) is 0.777. The van der Waals surface area contributed by atoms with Gasteiger partial charge in [0.05, 0.1) is 10.6 Å². The molecule has 2 rings (SSSR count). The van der Waals surface area contributed by atoms with E-state index in [0.717, 1.165) is 28.4 Å². The minimum Gasteiger partial charge on any atom is -0.342 e. The van der Waals surface area contributed by atoms with Crippen molar-refractivity contribution in [3.63, 3.8) is 0 Å². The Morgan fingerprint density at radius 3 is 3.00 bits per heavy atom. The van der Waals surface area contributed by atoms with Crippen molar-refractivity contribution in [3.05, 3.63) is 23.8 Å². The molecule has 1 atom stereocenters. The number of hydrogen-bond acceptors (Lipinski definition) is 2. The van der Waals surface area contributed by atoms with Crippen molar-refractivity contribution in [2.24, 2.45) is 4.40 Å². The zero-order valence-electron chi connectivity index (χ0n) is 8.20. The molecule has 0 radical (unpaired) electrons. The second kappa shape index (κ2) is 3.53. The molecule has 1 aromatic rings. The van der Waals surface area contributed by atoms with E-state index in [4.69, 9.17) is 0 Å². The molecule has 1 aliphatic heterocycles. The maximum absolute atomic E-state index is 11.7.